The lowest BCUT2D eigenvalue weighted by atomic mass is 10.0. The number of aromatic amines is 1. The highest BCUT2D eigenvalue weighted by Crippen LogP contribution is 2.28. The summed E-state index contributed by atoms with van der Waals surface area (Å²) in [5.41, 5.74) is 6.38. The van der Waals surface area contributed by atoms with Crippen LogP contribution < -0.4 is 0 Å². The molecule has 0 fully saturated rings. The fourth-order valence-electron chi connectivity index (χ4n) is 2.57. The van der Waals surface area contributed by atoms with Gasteiger partial charge in [0.05, 0.1) is 0 Å². The summed E-state index contributed by atoms with van der Waals surface area (Å²) in [4.78, 5) is 8.00. The molecule has 1 aliphatic rings. The van der Waals surface area contributed by atoms with Crippen LogP contribution in [0.5, 0.6) is 0 Å². The molecule has 98 valence electrons. The Kier molecular flexibility index (Phi) is 3.46. The van der Waals surface area contributed by atoms with E-state index in [2.05, 4.69) is 42.0 Å². The van der Waals surface area contributed by atoms with Crippen LogP contribution in [0.25, 0.3) is 0 Å². The van der Waals surface area contributed by atoms with Crippen molar-refractivity contribution in [3.8, 4) is 0 Å². The summed E-state index contributed by atoms with van der Waals surface area (Å²) in [6.07, 6.45) is 0.824. The Labute approximate surface area is 122 Å². The molecule has 2 aromatic rings. The lowest BCUT2D eigenvalue weighted by Crippen LogP contribution is -2.02. The molecule has 4 heteroatoms. The number of aromatic nitrogens is 2. The fourth-order valence-corrected chi connectivity index (χ4v) is 4.04. The molecule has 3 rings (SSSR count). The molecule has 1 N–H and O–H groups in total. The van der Waals surface area contributed by atoms with Gasteiger partial charge in [-0.25, -0.2) is 4.98 Å². The second-order valence-electron chi connectivity index (χ2n) is 5.11. The minimum atomic E-state index is 0.776. The number of hydrogen-bond donors (Lipinski definition) is 1. The zero-order chi connectivity index (χ0) is 13.4. The lowest BCUT2D eigenvalue weighted by Gasteiger charge is -2.07. The van der Waals surface area contributed by atoms with Crippen LogP contribution in [-0.2, 0) is 17.9 Å². The monoisotopic (exact) mass is 288 g/mol. The van der Waals surface area contributed by atoms with Crippen LogP contribution in [0.1, 0.15) is 33.8 Å². The van der Waals surface area contributed by atoms with Gasteiger partial charge in [0.25, 0.3) is 0 Å². The SMILES string of the molecule is Cc1cc(C)cc(Cc2nc(=S)c3c([nH]2)CSC3)c1. The summed E-state index contributed by atoms with van der Waals surface area (Å²) in [5, 5.41) is 0. The smallest absolute Gasteiger partial charge is 0.134 e. The lowest BCUT2D eigenvalue weighted by molar-refractivity contribution is 0.917. The van der Waals surface area contributed by atoms with E-state index in [0.29, 0.717) is 0 Å². The molecule has 0 spiro atoms. The second kappa shape index (κ2) is 5.10. The predicted molar refractivity (Wildman–Crippen MR) is 83.1 cm³/mol. The molecule has 0 bridgehead atoms. The number of aryl methyl sites for hydroxylation is 2. The molecular formula is C15H16N2S2. The molecule has 0 unspecified atom stereocenters. The summed E-state index contributed by atoms with van der Waals surface area (Å²) < 4.78 is 0.776. The number of benzene rings is 1. The van der Waals surface area contributed by atoms with Gasteiger partial charge in [-0.15, -0.1) is 0 Å². The topological polar surface area (TPSA) is 28.7 Å². The average Bonchev–Trinajstić information content (AvgIpc) is 2.75. The Morgan fingerprint density at radius 2 is 1.95 bits per heavy atom. The van der Waals surface area contributed by atoms with Gasteiger partial charge >= 0.3 is 0 Å². The van der Waals surface area contributed by atoms with E-state index in [4.69, 9.17) is 12.2 Å². The third kappa shape index (κ3) is 2.74. The zero-order valence-electron chi connectivity index (χ0n) is 11.1. The first kappa shape index (κ1) is 12.9. The van der Waals surface area contributed by atoms with E-state index in [0.717, 1.165) is 28.4 Å². The minimum Gasteiger partial charge on any atom is -0.346 e. The van der Waals surface area contributed by atoms with E-state index < -0.39 is 0 Å². The van der Waals surface area contributed by atoms with Crippen LogP contribution in [0, 0.1) is 18.5 Å². The zero-order valence-corrected chi connectivity index (χ0v) is 12.8. The van der Waals surface area contributed by atoms with E-state index >= 15 is 0 Å². The van der Waals surface area contributed by atoms with Crippen LogP contribution in [0.2, 0.25) is 0 Å². The average molecular weight is 288 g/mol. The maximum absolute atomic E-state index is 5.39. The van der Waals surface area contributed by atoms with Gasteiger partial charge in [0.15, 0.2) is 0 Å². The summed E-state index contributed by atoms with van der Waals surface area (Å²) in [6, 6.07) is 6.62. The molecule has 1 aromatic heterocycles. The molecule has 19 heavy (non-hydrogen) atoms. The normalized spacial score (nSPS) is 13.6. The first-order chi connectivity index (χ1) is 9.11. The van der Waals surface area contributed by atoms with Gasteiger partial charge in [0.1, 0.15) is 10.5 Å². The van der Waals surface area contributed by atoms with Crippen molar-refractivity contribution in [2.24, 2.45) is 0 Å². The Balaban J connectivity index is 1.95. The molecule has 0 aliphatic carbocycles. The van der Waals surface area contributed by atoms with Gasteiger partial charge in [-0.1, -0.05) is 41.5 Å². The molecule has 0 saturated heterocycles. The van der Waals surface area contributed by atoms with Crippen molar-refractivity contribution in [1.29, 1.82) is 0 Å². The van der Waals surface area contributed by atoms with E-state index in [-0.39, 0.29) is 0 Å². The maximum Gasteiger partial charge on any atom is 0.134 e. The Morgan fingerprint density at radius 1 is 1.21 bits per heavy atom. The van der Waals surface area contributed by atoms with Gasteiger partial charge < -0.3 is 4.98 Å². The molecule has 1 aromatic carbocycles. The first-order valence-corrected chi connectivity index (χ1v) is 7.94. The van der Waals surface area contributed by atoms with Crippen molar-refractivity contribution in [3.63, 3.8) is 0 Å². The number of rotatable bonds is 2. The van der Waals surface area contributed by atoms with Crippen molar-refractivity contribution in [3.05, 3.63) is 56.6 Å². The molecule has 2 nitrogen and oxygen atoms in total. The number of H-pyrrole nitrogens is 1. The number of nitrogens with zero attached hydrogens (tertiary/aromatic N) is 1. The van der Waals surface area contributed by atoms with E-state index in [1.54, 1.807) is 0 Å². The van der Waals surface area contributed by atoms with E-state index in [9.17, 15) is 0 Å². The van der Waals surface area contributed by atoms with Gasteiger partial charge in [0, 0.05) is 29.2 Å². The van der Waals surface area contributed by atoms with Gasteiger partial charge in [-0.3, -0.25) is 0 Å². The molecular weight excluding hydrogens is 272 g/mol. The molecule has 0 amide bonds. The summed E-state index contributed by atoms with van der Waals surface area (Å²) in [6.45, 7) is 4.26. The number of fused-ring (bicyclic) bond motifs is 1. The van der Waals surface area contributed by atoms with Crippen LogP contribution in [0.3, 0.4) is 0 Å². The minimum absolute atomic E-state index is 0.776. The van der Waals surface area contributed by atoms with Crippen LogP contribution in [-0.4, -0.2) is 9.97 Å². The Bertz CT molecular complexity index is 669. The number of thioether (sulfide) groups is 1. The summed E-state index contributed by atoms with van der Waals surface area (Å²) in [5.74, 6) is 3.01. The second-order valence-corrected chi connectivity index (χ2v) is 6.48. The third-order valence-corrected chi connectivity index (χ3v) is 4.62. The van der Waals surface area contributed by atoms with Crippen LogP contribution >= 0.6 is 24.0 Å². The summed E-state index contributed by atoms with van der Waals surface area (Å²) >= 11 is 7.29. The van der Waals surface area contributed by atoms with Gasteiger partial charge in [-0.2, -0.15) is 11.8 Å². The van der Waals surface area contributed by atoms with E-state index in [1.807, 2.05) is 11.8 Å². The van der Waals surface area contributed by atoms with Crippen molar-refractivity contribution < 1.29 is 0 Å². The standard InChI is InChI=1S/C15H16N2S2/c1-9-3-10(2)5-11(4-9)6-14-16-13-8-19-7-12(13)15(18)17-14/h3-5H,6-8H2,1-2H3,(H,16,17,18). The largest absolute Gasteiger partial charge is 0.346 e. The molecule has 0 atom stereocenters. The number of nitrogens with one attached hydrogen (secondary N) is 1. The van der Waals surface area contributed by atoms with Crippen LogP contribution in [0.15, 0.2) is 18.2 Å². The summed E-state index contributed by atoms with van der Waals surface area (Å²) in [7, 11) is 0. The highest BCUT2D eigenvalue weighted by atomic mass is 32.2. The highest BCUT2D eigenvalue weighted by molar-refractivity contribution is 7.98. The molecule has 1 aliphatic heterocycles. The quantitative estimate of drug-likeness (QED) is 0.844. The van der Waals surface area contributed by atoms with Crippen molar-refractivity contribution >= 4 is 24.0 Å². The predicted octanol–water partition coefficient (Wildman–Crippen LogP) is 4.09. The van der Waals surface area contributed by atoms with Crippen LogP contribution in [0.4, 0.5) is 0 Å². The van der Waals surface area contributed by atoms with Gasteiger partial charge in [-0.05, 0) is 19.4 Å². The fraction of sp³-hybridized carbons (Fsp3) is 0.333. The van der Waals surface area contributed by atoms with Crippen molar-refractivity contribution in [2.75, 3.05) is 0 Å². The Hall–Kier alpha value is -1.13. The highest BCUT2D eigenvalue weighted by Gasteiger charge is 2.15. The Morgan fingerprint density at radius 3 is 2.68 bits per heavy atom. The maximum atomic E-state index is 5.39. The van der Waals surface area contributed by atoms with Crippen molar-refractivity contribution in [1.82, 2.24) is 9.97 Å². The molecule has 0 radical (unpaired) electrons. The molecule has 0 saturated carbocycles. The van der Waals surface area contributed by atoms with Gasteiger partial charge in [0.2, 0.25) is 0 Å². The third-order valence-electron chi connectivity index (χ3n) is 3.30. The first-order valence-electron chi connectivity index (χ1n) is 6.37. The van der Waals surface area contributed by atoms with E-state index in [1.165, 1.54) is 27.9 Å². The molecule has 2 heterocycles. The van der Waals surface area contributed by atoms with Crippen molar-refractivity contribution in [2.45, 2.75) is 31.8 Å². The number of hydrogen-bond acceptors (Lipinski definition) is 3.